The van der Waals surface area contributed by atoms with E-state index in [9.17, 15) is 0 Å². The van der Waals surface area contributed by atoms with Gasteiger partial charge in [-0.05, 0) is 44.5 Å². The number of nitrogens with two attached hydrogens (primary N) is 1. The number of nitriles is 1. The molecule has 0 aliphatic heterocycles. The first kappa shape index (κ1) is 14.3. The average Bonchev–Trinajstić information content (AvgIpc) is 2.28. The van der Waals surface area contributed by atoms with Gasteiger partial charge in [0.2, 0.25) is 0 Å². The summed E-state index contributed by atoms with van der Waals surface area (Å²) in [7, 11) is 0. The molecule has 0 aromatic heterocycles. The normalized spacial score (nSPS) is 11.0. The highest BCUT2D eigenvalue weighted by Crippen LogP contribution is 2.20. The molecule has 0 bridgehead atoms. The lowest BCUT2D eigenvalue weighted by molar-refractivity contribution is -0.0163. The van der Waals surface area contributed by atoms with Crippen LogP contribution in [0.2, 0.25) is 0 Å². The van der Waals surface area contributed by atoms with E-state index in [0.717, 1.165) is 5.56 Å². The number of nitrogens with zero attached hydrogens (tertiary/aromatic N) is 1. The van der Waals surface area contributed by atoms with E-state index in [2.05, 4.69) is 6.07 Å². The Morgan fingerprint density at radius 2 is 2.00 bits per heavy atom. The topological polar surface area (TPSA) is 68.3 Å². The predicted octanol–water partition coefficient (Wildman–Crippen LogP) is 2.53. The number of rotatable bonds is 5. The molecule has 98 valence electrons. The average molecular weight is 248 g/mol. The van der Waals surface area contributed by atoms with Gasteiger partial charge in [-0.25, -0.2) is 0 Å². The third kappa shape index (κ3) is 5.07. The third-order valence-corrected chi connectivity index (χ3v) is 2.27. The summed E-state index contributed by atoms with van der Waals surface area (Å²) in [6, 6.07) is 7.44. The number of anilines is 1. The maximum atomic E-state index is 8.67. The molecular weight excluding hydrogens is 228 g/mol. The van der Waals surface area contributed by atoms with Crippen molar-refractivity contribution in [1.82, 2.24) is 0 Å². The van der Waals surface area contributed by atoms with Crippen molar-refractivity contribution in [2.75, 3.05) is 18.9 Å². The van der Waals surface area contributed by atoms with Gasteiger partial charge in [0.1, 0.15) is 12.4 Å². The Balaban J connectivity index is 2.48. The molecule has 1 aromatic rings. The van der Waals surface area contributed by atoms with Crippen LogP contribution in [-0.4, -0.2) is 18.8 Å². The molecule has 0 saturated heterocycles. The summed E-state index contributed by atoms with van der Waals surface area (Å²) in [5.41, 5.74) is 7.02. The van der Waals surface area contributed by atoms with Crippen molar-refractivity contribution in [3.63, 3.8) is 0 Å². The van der Waals surface area contributed by atoms with Crippen LogP contribution in [0.25, 0.3) is 0 Å². The third-order valence-electron chi connectivity index (χ3n) is 2.27. The highest BCUT2D eigenvalue weighted by atomic mass is 16.5. The summed E-state index contributed by atoms with van der Waals surface area (Å²) in [6.07, 6.45) is 0.293. The summed E-state index contributed by atoms with van der Waals surface area (Å²) in [5.74, 6) is 0.715. The SMILES string of the molecule is CC(C)(C)OCCOc1ccc(N)c(CC#N)c1. The summed E-state index contributed by atoms with van der Waals surface area (Å²) in [4.78, 5) is 0. The van der Waals surface area contributed by atoms with E-state index in [1.165, 1.54) is 0 Å². The van der Waals surface area contributed by atoms with Crippen molar-refractivity contribution in [2.45, 2.75) is 32.8 Å². The molecule has 18 heavy (non-hydrogen) atoms. The van der Waals surface area contributed by atoms with Crippen LogP contribution in [-0.2, 0) is 11.2 Å². The van der Waals surface area contributed by atoms with E-state index in [1.54, 1.807) is 18.2 Å². The van der Waals surface area contributed by atoms with Crippen LogP contribution in [0.15, 0.2) is 18.2 Å². The zero-order valence-electron chi connectivity index (χ0n) is 11.2. The monoisotopic (exact) mass is 248 g/mol. The molecule has 4 nitrogen and oxygen atoms in total. The summed E-state index contributed by atoms with van der Waals surface area (Å²) >= 11 is 0. The van der Waals surface area contributed by atoms with Crippen molar-refractivity contribution in [3.8, 4) is 11.8 Å². The largest absolute Gasteiger partial charge is 0.491 e. The minimum absolute atomic E-state index is 0.156. The van der Waals surface area contributed by atoms with Crippen LogP contribution in [0.5, 0.6) is 5.75 Å². The molecule has 2 N–H and O–H groups in total. The molecule has 0 saturated carbocycles. The Hall–Kier alpha value is -1.73. The first-order valence-electron chi connectivity index (χ1n) is 5.94. The van der Waals surface area contributed by atoms with E-state index in [4.69, 9.17) is 20.5 Å². The van der Waals surface area contributed by atoms with Crippen LogP contribution >= 0.6 is 0 Å². The van der Waals surface area contributed by atoms with Crippen molar-refractivity contribution >= 4 is 5.69 Å². The van der Waals surface area contributed by atoms with Gasteiger partial charge in [0, 0.05) is 5.69 Å². The Bertz CT molecular complexity index is 430. The van der Waals surface area contributed by atoms with Gasteiger partial charge in [0.15, 0.2) is 0 Å². The minimum atomic E-state index is -0.156. The molecule has 1 rings (SSSR count). The van der Waals surface area contributed by atoms with Crippen molar-refractivity contribution in [2.24, 2.45) is 0 Å². The number of hydrogen-bond acceptors (Lipinski definition) is 4. The van der Waals surface area contributed by atoms with Crippen molar-refractivity contribution in [1.29, 1.82) is 5.26 Å². The van der Waals surface area contributed by atoms with Gasteiger partial charge < -0.3 is 15.2 Å². The molecule has 0 fully saturated rings. The fourth-order valence-corrected chi connectivity index (χ4v) is 1.42. The number of hydrogen-bond donors (Lipinski definition) is 1. The van der Waals surface area contributed by atoms with Gasteiger partial charge >= 0.3 is 0 Å². The fourth-order valence-electron chi connectivity index (χ4n) is 1.42. The predicted molar refractivity (Wildman–Crippen MR) is 71.4 cm³/mol. The van der Waals surface area contributed by atoms with Crippen LogP contribution in [0.1, 0.15) is 26.3 Å². The molecule has 0 heterocycles. The number of ether oxygens (including phenoxy) is 2. The Morgan fingerprint density at radius 1 is 1.28 bits per heavy atom. The Labute approximate surface area is 108 Å². The zero-order chi connectivity index (χ0) is 13.6. The Morgan fingerprint density at radius 3 is 2.61 bits per heavy atom. The van der Waals surface area contributed by atoms with E-state index in [0.29, 0.717) is 31.1 Å². The highest BCUT2D eigenvalue weighted by Gasteiger charge is 2.09. The van der Waals surface area contributed by atoms with Gasteiger partial charge in [-0.3, -0.25) is 0 Å². The van der Waals surface area contributed by atoms with Crippen molar-refractivity contribution < 1.29 is 9.47 Å². The fraction of sp³-hybridized carbons (Fsp3) is 0.500. The summed E-state index contributed by atoms with van der Waals surface area (Å²) in [6.45, 7) is 7.01. The Kier molecular flexibility index (Phi) is 4.99. The van der Waals surface area contributed by atoms with Gasteiger partial charge in [0.25, 0.3) is 0 Å². The van der Waals surface area contributed by atoms with E-state index >= 15 is 0 Å². The van der Waals surface area contributed by atoms with Gasteiger partial charge in [0.05, 0.1) is 24.7 Å². The summed E-state index contributed by atoms with van der Waals surface area (Å²) < 4.78 is 11.1. The quantitative estimate of drug-likeness (QED) is 0.642. The lowest BCUT2D eigenvalue weighted by Gasteiger charge is -2.19. The van der Waals surface area contributed by atoms with Crippen LogP contribution in [0.4, 0.5) is 5.69 Å². The van der Waals surface area contributed by atoms with Gasteiger partial charge in [-0.1, -0.05) is 0 Å². The second kappa shape index (κ2) is 6.27. The summed E-state index contributed by atoms with van der Waals surface area (Å²) in [5, 5.41) is 8.67. The molecule has 0 radical (unpaired) electrons. The first-order valence-corrected chi connectivity index (χ1v) is 5.94. The van der Waals surface area contributed by atoms with E-state index in [1.807, 2.05) is 20.8 Å². The zero-order valence-corrected chi connectivity index (χ0v) is 11.2. The lowest BCUT2D eigenvalue weighted by Crippen LogP contribution is -2.22. The van der Waals surface area contributed by atoms with Crippen LogP contribution < -0.4 is 10.5 Å². The van der Waals surface area contributed by atoms with Gasteiger partial charge in [-0.2, -0.15) is 5.26 Å². The van der Waals surface area contributed by atoms with E-state index in [-0.39, 0.29) is 5.60 Å². The molecular formula is C14H20N2O2. The molecule has 0 unspecified atom stereocenters. The molecule has 0 spiro atoms. The molecule has 0 atom stereocenters. The van der Waals surface area contributed by atoms with Gasteiger partial charge in [-0.15, -0.1) is 0 Å². The van der Waals surface area contributed by atoms with Crippen LogP contribution in [0.3, 0.4) is 0 Å². The molecule has 0 aliphatic carbocycles. The van der Waals surface area contributed by atoms with E-state index < -0.39 is 0 Å². The minimum Gasteiger partial charge on any atom is -0.491 e. The first-order chi connectivity index (χ1) is 8.42. The second-order valence-electron chi connectivity index (χ2n) is 5.00. The number of nitrogen functional groups attached to an aromatic ring is 1. The van der Waals surface area contributed by atoms with Crippen molar-refractivity contribution in [3.05, 3.63) is 23.8 Å². The highest BCUT2D eigenvalue weighted by molar-refractivity contribution is 5.51. The lowest BCUT2D eigenvalue weighted by atomic mass is 10.1. The maximum Gasteiger partial charge on any atom is 0.119 e. The smallest absolute Gasteiger partial charge is 0.119 e. The number of benzene rings is 1. The second-order valence-corrected chi connectivity index (χ2v) is 5.00. The molecule has 0 aliphatic rings. The molecule has 4 heteroatoms. The van der Waals surface area contributed by atoms with Crippen LogP contribution in [0, 0.1) is 11.3 Å². The molecule has 1 aromatic carbocycles. The maximum absolute atomic E-state index is 8.67. The molecule has 0 amide bonds. The standard InChI is InChI=1S/C14H20N2O2/c1-14(2,3)18-9-8-17-12-4-5-13(16)11(10-12)6-7-15/h4-5,10H,6,8-9,16H2,1-3H3.